The number of carbonyl (C=O) groups excluding carboxylic acids is 1. The summed E-state index contributed by atoms with van der Waals surface area (Å²) in [7, 11) is 0. The summed E-state index contributed by atoms with van der Waals surface area (Å²) in [6.45, 7) is 3.88. The summed E-state index contributed by atoms with van der Waals surface area (Å²) in [5.41, 5.74) is 4.33. The first kappa shape index (κ1) is 15.0. The molecular formula is C21H22N2O. The monoisotopic (exact) mass is 318 g/mol. The van der Waals surface area contributed by atoms with Crippen molar-refractivity contribution >= 4 is 16.8 Å². The van der Waals surface area contributed by atoms with Gasteiger partial charge >= 0.3 is 0 Å². The summed E-state index contributed by atoms with van der Waals surface area (Å²) in [4.78, 5) is 14.7. The Balaban J connectivity index is 1.69. The van der Waals surface area contributed by atoms with Crippen LogP contribution < -0.4 is 0 Å². The predicted octanol–water partition coefficient (Wildman–Crippen LogP) is 4.57. The number of hydrogen-bond acceptors (Lipinski definition) is 1. The number of carbonyl (C=O) groups is 1. The zero-order valence-electron chi connectivity index (χ0n) is 14.0. The Labute approximate surface area is 142 Å². The quantitative estimate of drug-likeness (QED) is 0.680. The molecule has 0 unspecified atom stereocenters. The number of amides is 1. The van der Waals surface area contributed by atoms with Crippen LogP contribution in [0.1, 0.15) is 35.2 Å². The first-order valence-electron chi connectivity index (χ1n) is 8.70. The molecule has 0 radical (unpaired) electrons. The molecule has 0 N–H and O–H groups in total. The van der Waals surface area contributed by atoms with Crippen LogP contribution in [-0.2, 0) is 0 Å². The number of nitrogens with zero attached hydrogens (tertiary/aromatic N) is 2. The molecule has 1 fully saturated rings. The van der Waals surface area contributed by atoms with Crippen molar-refractivity contribution in [1.82, 2.24) is 9.47 Å². The highest BCUT2D eigenvalue weighted by atomic mass is 16.2. The van der Waals surface area contributed by atoms with E-state index in [1.807, 2.05) is 17.0 Å². The maximum atomic E-state index is 12.7. The van der Waals surface area contributed by atoms with E-state index >= 15 is 0 Å². The molecule has 1 saturated heterocycles. The van der Waals surface area contributed by atoms with E-state index < -0.39 is 0 Å². The van der Waals surface area contributed by atoms with Gasteiger partial charge in [0.25, 0.3) is 5.91 Å². The molecule has 1 amide bonds. The maximum absolute atomic E-state index is 12.7. The van der Waals surface area contributed by atoms with Gasteiger partial charge in [0, 0.05) is 35.9 Å². The van der Waals surface area contributed by atoms with Gasteiger partial charge in [-0.25, -0.2) is 0 Å². The van der Waals surface area contributed by atoms with Crippen molar-refractivity contribution < 1.29 is 4.79 Å². The minimum atomic E-state index is 0.167. The summed E-state index contributed by atoms with van der Waals surface area (Å²) >= 11 is 0. The molecule has 0 bridgehead atoms. The van der Waals surface area contributed by atoms with Crippen LogP contribution in [0.4, 0.5) is 0 Å². The van der Waals surface area contributed by atoms with E-state index in [0.717, 1.165) is 48.1 Å². The SMILES string of the molecule is Cc1cccc(-n2ccc3cc(C(=O)N4CCCCC4)ccc32)c1. The molecule has 2 aromatic carbocycles. The van der Waals surface area contributed by atoms with Crippen molar-refractivity contribution in [2.45, 2.75) is 26.2 Å². The highest BCUT2D eigenvalue weighted by molar-refractivity contribution is 5.98. The minimum absolute atomic E-state index is 0.167. The second-order valence-electron chi connectivity index (χ2n) is 6.65. The average molecular weight is 318 g/mol. The van der Waals surface area contributed by atoms with Crippen LogP contribution in [0.3, 0.4) is 0 Å². The standard InChI is InChI=1S/C21H22N2O/c1-16-6-5-7-19(14-16)23-13-10-17-15-18(8-9-20(17)23)21(24)22-11-3-2-4-12-22/h5-10,13-15H,2-4,11-12H2,1H3. The number of aryl methyl sites for hydroxylation is 1. The van der Waals surface area contributed by atoms with E-state index in [1.54, 1.807) is 0 Å². The van der Waals surface area contributed by atoms with E-state index in [0.29, 0.717) is 0 Å². The van der Waals surface area contributed by atoms with Gasteiger partial charge in [0.15, 0.2) is 0 Å². The summed E-state index contributed by atoms with van der Waals surface area (Å²) < 4.78 is 2.18. The number of piperidine rings is 1. The van der Waals surface area contributed by atoms with Gasteiger partial charge in [-0.05, 0) is 68.1 Å². The topological polar surface area (TPSA) is 25.2 Å². The smallest absolute Gasteiger partial charge is 0.253 e. The lowest BCUT2D eigenvalue weighted by Crippen LogP contribution is -2.35. The Morgan fingerprint density at radius 1 is 0.958 bits per heavy atom. The molecule has 3 heteroatoms. The molecule has 1 aromatic heterocycles. The normalized spacial score (nSPS) is 15.0. The van der Waals surface area contributed by atoms with Crippen molar-refractivity contribution in [3.63, 3.8) is 0 Å². The number of likely N-dealkylation sites (tertiary alicyclic amines) is 1. The van der Waals surface area contributed by atoms with E-state index in [4.69, 9.17) is 0 Å². The maximum Gasteiger partial charge on any atom is 0.253 e. The van der Waals surface area contributed by atoms with E-state index in [1.165, 1.54) is 12.0 Å². The van der Waals surface area contributed by atoms with Crippen molar-refractivity contribution in [2.24, 2.45) is 0 Å². The molecular weight excluding hydrogens is 296 g/mol. The number of aromatic nitrogens is 1. The Kier molecular flexibility index (Phi) is 3.85. The van der Waals surface area contributed by atoms with E-state index in [2.05, 4.69) is 54.1 Å². The molecule has 24 heavy (non-hydrogen) atoms. The van der Waals surface area contributed by atoms with Crippen LogP contribution in [0.15, 0.2) is 54.7 Å². The highest BCUT2D eigenvalue weighted by Crippen LogP contribution is 2.23. The van der Waals surface area contributed by atoms with Gasteiger partial charge in [0.2, 0.25) is 0 Å². The average Bonchev–Trinajstić information content (AvgIpc) is 3.05. The van der Waals surface area contributed by atoms with Crippen LogP contribution in [0.5, 0.6) is 0 Å². The number of rotatable bonds is 2. The van der Waals surface area contributed by atoms with Crippen molar-refractivity contribution in [1.29, 1.82) is 0 Å². The van der Waals surface area contributed by atoms with Crippen molar-refractivity contribution in [3.8, 4) is 5.69 Å². The fourth-order valence-corrected chi connectivity index (χ4v) is 3.56. The van der Waals surface area contributed by atoms with Crippen LogP contribution in [0.25, 0.3) is 16.6 Å². The van der Waals surface area contributed by atoms with Crippen molar-refractivity contribution in [3.05, 3.63) is 65.9 Å². The molecule has 2 heterocycles. The molecule has 3 nitrogen and oxygen atoms in total. The van der Waals surface area contributed by atoms with E-state index in [9.17, 15) is 4.79 Å². The van der Waals surface area contributed by atoms with E-state index in [-0.39, 0.29) is 5.91 Å². The molecule has 0 atom stereocenters. The zero-order valence-corrected chi connectivity index (χ0v) is 14.0. The molecule has 3 aromatic rings. The third kappa shape index (κ3) is 2.71. The van der Waals surface area contributed by atoms with Gasteiger partial charge in [-0.2, -0.15) is 0 Å². The van der Waals surface area contributed by atoms with Gasteiger partial charge < -0.3 is 9.47 Å². The Morgan fingerprint density at radius 2 is 1.79 bits per heavy atom. The number of hydrogen-bond donors (Lipinski definition) is 0. The van der Waals surface area contributed by atoms with Crippen LogP contribution in [0.2, 0.25) is 0 Å². The second kappa shape index (κ2) is 6.16. The first-order valence-corrected chi connectivity index (χ1v) is 8.70. The first-order chi connectivity index (χ1) is 11.7. The summed E-state index contributed by atoms with van der Waals surface area (Å²) in [5.74, 6) is 0.167. The Hall–Kier alpha value is -2.55. The van der Waals surface area contributed by atoms with Crippen LogP contribution in [-0.4, -0.2) is 28.5 Å². The van der Waals surface area contributed by atoms with Gasteiger partial charge in [0.1, 0.15) is 0 Å². The van der Waals surface area contributed by atoms with Crippen molar-refractivity contribution in [2.75, 3.05) is 13.1 Å². The highest BCUT2D eigenvalue weighted by Gasteiger charge is 2.18. The summed E-state index contributed by atoms with van der Waals surface area (Å²) in [6, 6.07) is 16.6. The number of fused-ring (bicyclic) bond motifs is 1. The third-order valence-electron chi connectivity index (χ3n) is 4.86. The fraction of sp³-hybridized carbons (Fsp3) is 0.286. The molecule has 0 spiro atoms. The lowest BCUT2D eigenvalue weighted by molar-refractivity contribution is 0.0724. The minimum Gasteiger partial charge on any atom is -0.339 e. The second-order valence-corrected chi connectivity index (χ2v) is 6.65. The Bertz CT molecular complexity index is 888. The molecule has 122 valence electrons. The van der Waals surface area contributed by atoms with Gasteiger partial charge in [0.05, 0.1) is 5.52 Å². The Morgan fingerprint density at radius 3 is 2.58 bits per heavy atom. The fourth-order valence-electron chi connectivity index (χ4n) is 3.56. The molecule has 0 aliphatic carbocycles. The van der Waals surface area contributed by atoms with Gasteiger partial charge in [-0.1, -0.05) is 12.1 Å². The van der Waals surface area contributed by atoms with Gasteiger partial charge in [-0.15, -0.1) is 0 Å². The third-order valence-corrected chi connectivity index (χ3v) is 4.86. The largest absolute Gasteiger partial charge is 0.339 e. The van der Waals surface area contributed by atoms with Crippen LogP contribution >= 0.6 is 0 Å². The number of benzene rings is 2. The lowest BCUT2D eigenvalue weighted by atomic mass is 10.1. The summed E-state index contributed by atoms with van der Waals surface area (Å²) in [6.07, 6.45) is 5.56. The molecule has 1 aliphatic heterocycles. The molecule has 0 saturated carbocycles. The summed E-state index contributed by atoms with van der Waals surface area (Å²) in [5, 5.41) is 1.11. The molecule has 1 aliphatic rings. The predicted molar refractivity (Wildman–Crippen MR) is 97.8 cm³/mol. The van der Waals surface area contributed by atoms with Crippen LogP contribution in [0, 0.1) is 6.92 Å². The lowest BCUT2D eigenvalue weighted by Gasteiger charge is -2.26. The zero-order chi connectivity index (χ0) is 16.5. The van der Waals surface area contributed by atoms with Gasteiger partial charge in [-0.3, -0.25) is 4.79 Å². The molecule has 4 rings (SSSR count).